The van der Waals surface area contributed by atoms with Crippen molar-refractivity contribution < 1.29 is 4.74 Å². The maximum Gasteiger partial charge on any atom is 0.145 e. The molecule has 0 spiro atoms. The molecule has 0 fully saturated rings. The van der Waals surface area contributed by atoms with Crippen molar-refractivity contribution in [1.82, 2.24) is 4.90 Å². The average Bonchev–Trinajstić information content (AvgIpc) is 3.01. The van der Waals surface area contributed by atoms with E-state index in [0.29, 0.717) is 0 Å². The standard InChI is InChI=1S/C18H19NOS/c1-19(2)13-17(18-11-6-12-21-18)20-16-10-5-8-14-7-3-4-9-15(14)16/h3-12,17H,13H2,1-2H3/t17-/m0/s1. The first-order valence-electron chi connectivity index (χ1n) is 7.06. The van der Waals surface area contributed by atoms with Crippen LogP contribution in [0, 0.1) is 0 Å². The van der Waals surface area contributed by atoms with Gasteiger partial charge >= 0.3 is 0 Å². The smallest absolute Gasteiger partial charge is 0.145 e. The molecule has 1 heterocycles. The number of thiophene rings is 1. The normalized spacial score (nSPS) is 12.7. The molecule has 0 saturated heterocycles. The summed E-state index contributed by atoms with van der Waals surface area (Å²) in [5, 5.41) is 4.48. The third kappa shape index (κ3) is 3.26. The van der Waals surface area contributed by atoms with Crippen molar-refractivity contribution in [3.8, 4) is 5.75 Å². The molecule has 3 aromatic rings. The number of ether oxygens (including phenoxy) is 1. The summed E-state index contributed by atoms with van der Waals surface area (Å²) in [5.41, 5.74) is 0. The van der Waals surface area contributed by atoms with E-state index in [9.17, 15) is 0 Å². The lowest BCUT2D eigenvalue weighted by Gasteiger charge is -2.22. The number of likely N-dealkylation sites (N-methyl/N-ethyl adjacent to an activating group) is 1. The van der Waals surface area contributed by atoms with Crippen LogP contribution in [0.4, 0.5) is 0 Å². The summed E-state index contributed by atoms with van der Waals surface area (Å²) in [6, 6.07) is 18.8. The van der Waals surface area contributed by atoms with Gasteiger partial charge < -0.3 is 9.64 Å². The van der Waals surface area contributed by atoms with E-state index in [1.165, 1.54) is 15.6 Å². The van der Waals surface area contributed by atoms with E-state index in [0.717, 1.165) is 12.3 Å². The molecule has 21 heavy (non-hydrogen) atoms. The monoisotopic (exact) mass is 297 g/mol. The van der Waals surface area contributed by atoms with E-state index >= 15 is 0 Å². The Morgan fingerprint density at radius 2 is 1.81 bits per heavy atom. The van der Waals surface area contributed by atoms with Crippen molar-refractivity contribution in [3.63, 3.8) is 0 Å². The Kier molecular flexibility index (Phi) is 4.23. The summed E-state index contributed by atoms with van der Waals surface area (Å²) in [5.74, 6) is 0.952. The quantitative estimate of drug-likeness (QED) is 0.683. The van der Waals surface area contributed by atoms with Gasteiger partial charge in [0.1, 0.15) is 11.9 Å². The van der Waals surface area contributed by atoms with Gasteiger partial charge in [-0.2, -0.15) is 0 Å². The van der Waals surface area contributed by atoms with Gasteiger partial charge in [0, 0.05) is 16.8 Å². The van der Waals surface area contributed by atoms with Crippen LogP contribution < -0.4 is 4.74 Å². The first-order chi connectivity index (χ1) is 10.2. The molecule has 0 amide bonds. The number of hydrogen-bond acceptors (Lipinski definition) is 3. The van der Waals surface area contributed by atoms with Gasteiger partial charge in [0.25, 0.3) is 0 Å². The topological polar surface area (TPSA) is 12.5 Å². The highest BCUT2D eigenvalue weighted by Crippen LogP contribution is 2.31. The van der Waals surface area contributed by atoms with Crippen LogP contribution in [0.2, 0.25) is 0 Å². The first kappa shape index (κ1) is 14.1. The van der Waals surface area contributed by atoms with Gasteiger partial charge in [0.15, 0.2) is 0 Å². The Morgan fingerprint density at radius 3 is 2.57 bits per heavy atom. The van der Waals surface area contributed by atoms with Crippen LogP contribution in [-0.4, -0.2) is 25.5 Å². The van der Waals surface area contributed by atoms with E-state index in [2.05, 4.69) is 79.0 Å². The lowest BCUT2D eigenvalue weighted by Crippen LogP contribution is -2.23. The fourth-order valence-electron chi connectivity index (χ4n) is 2.44. The minimum atomic E-state index is 0.0609. The van der Waals surface area contributed by atoms with Gasteiger partial charge in [-0.25, -0.2) is 0 Å². The third-order valence-corrected chi connectivity index (χ3v) is 4.37. The fraction of sp³-hybridized carbons (Fsp3) is 0.222. The molecular formula is C18H19NOS. The first-order valence-corrected chi connectivity index (χ1v) is 7.94. The van der Waals surface area contributed by atoms with E-state index in [4.69, 9.17) is 4.74 Å². The highest BCUT2D eigenvalue weighted by atomic mass is 32.1. The fourth-order valence-corrected chi connectivity index (χ4v) is 3.19. The van der Waals surface area contributed by atoms with Crippen molar-refractivity contribution in [2.45, 2.75) is 6.10 Å². The number of benzene rings is 2. The van der Waals surface area contributed by atoms with Gasteiger partial charge in [0.2, 0.25) is 0 Å². The molecule has 3 rings (SSSR count). The largest absolute Gasteiger partial charge is 0.483 e. The molecule has 2 aromatic carbocycles. The summed E-state index contributed by atoms with van der Waals surface area (Å²) < 4.78 is 6.35. The Bertz CT molecular complexity index is 701. The van der Waals surface area contributed by atoms with Crippen molar-refractivity contribution in [2.24, 2.45) is 0 Å². The zero-order chi connectivity index (χ0) is 14.7. The minimum absolute atomic E-state index is 0.0609. The van der Waals surface area contributed by atoms with Crippen LogP contribution in [0.25, 0.3) is 10.8 Å². The van der Waals surface area contributed by atoms with Crippen LogP contribution in [0.1, 0.15) is 11.0 Å². The molecule has 2 nitrogen and oxygen atoms in total. The molecule has 1 aromatic heterocycles. The molecule has 0 aliphatic rings. The number of fused-ring (bicyclic) bond motifs is 1. The summed E-state index contributed by atoms with van der Waals surface area (Å²) >= 11 is 1.75. The highest BCUT2D eigenvalue weighted by Gasteiger charge is 2.16. The van der Waals surface area contributed by atoms with Gasteiger partial charge in [0.05, 0.1) is 0 Å². The maximum absolute atomic E-state index is 6.35. The molecule has 0 saturated carbocycles. The van der Waals surface area contributed by atoms with E-state index in [-0.39, 0.29) is 6.10 Å². The molecule has 0 unspecified atom stereocenters. The SMILES string of the molecule is CN(C)C[C@H](Oc1cccc2ccccc12)c1cccs1. The predicted octanol–water partition coefficient (Wildman–Crippen LogP) is 4.58. The summed E-state index contributed by atoms with van der Waals surface area (Å²) in [7, 11) is 4.15. The van der Waals surface area contributed by atoms with Crippen molar-refractivity contribution in [1.29, 1.82) is 0 Å². The lowest BCUT2D eigenvalue weighted by atomic mass is 10.1. The summed E-state index contributed by atoms with van der Waals surface area (Å²) in [6.45, 7) is 0.865. The second kappa shape index (κ2) is 6.29. The molecular weight excluding hydrogens is 278 g/mol. The Balaban J connectivity index is 1.94. The molecule has 0 aliphatic carbocycles. The minimum Gasteiger partial charge on any atom is -0.483 e. The number of nitrogens with zero attached hydrogens (tertiary/aromatic N) is 1. The predicted molar refractivity (Wildman–Crippen MR) is 90.2 cm³/mol. The molecule has 0 aliphatic heterocycles. The van der Waals surface area contributed by atoms with Crippen molar-refractivity contribution >= 4 is 22.1 Å². The molecule has 108 valence electrons. The Labute approximate surface area is 129 Å². The van der Waals surface area contributed by atoms with Crippen LogP contribution in [0.3, 0.4) is 0 Å². The second-order valence-corrected chi connectivity index (χ2v) is 6.34. The molecule has 0 bridgehead atoms. The summed E-state index contributed by atoms with van der Waals surface area (Å²) in [4.78, 5) is 3.42. The Hall–Kier alpha value is -1.84. The van der Waals surface area contributed by atoms with E-state index in [1.807, 2.05) is 0 Å². The average molecular weight is 297 g/mol. The van der Waals surface area contributed by atoms with Crippen LogP contribution in [0.15, 0.2) is 60.0 Å². The molecule has 3 heteroatoms. The van der Waals surface area contributed by atoms with Crippen molar-refractivity contribution in [3.05, 3.63) is 64.9 Å². The zero-order valence-electron chi connectivity index (χ0n) is 12.3. The molecule has 0 N–H and O–H groups in total. The number of rotatable bonds is 5. The summed E-state index contributed by atoms with van der Waals surface area (Å²) in [6.07, 6.45) is 0.0609. The van der Waals surface area contributed by atoms with E-state index < -0.39 is 0 Å². The second-order valence-electron chi connectivity index (χ2n) is 5.36. The lowest BCUT2D eigenvalue weighted by molar-refractivity contribution is 0.167. The highest BCUT2D eigenvalue weighted by molar-refractivity contribution is 7.10. The number of hydrogen-bond donors (Lipinski definition) is 0. The van der Waals surface area contributed by atoms with Crippen LogP contribution >= 0.6 is 11.3 Å². The van der Waals surface area contributed by atoms with Crippen molar-refractivity contribution in [2.75, 3.05) is 20.6 Å². The van der Waals surface area contributed by atoms with E-state index in [1.54, 1.807) is 11.3 Å². The van der Waals surface area contributed by atoms with Crippen LogP contribution in [0.5, 0.6) is 5.75 Å². The zero-order valence-corrected chi connectivity index (χ0v) is 13.1. The third-order valence-electron chi connectivity index (χ3n) is 3.41. The van der Waals surface area contributed by atoms with Gasteiger partial charge in [-0.3, -0.25) is 0 Å². The van der Waals surface area contributed by atoms with Gasteiger partial charge in [-0.05, 0) is 37.0 Å². The molecule has 0 radical (unpaired) electrons. The molecule has 1 atom stereocenters. The van der Waals surface area contributed by atoms with Crippen LogP contribution in [-0.2, 0) is 0 Å². The maximum atomic E-state index is 6.35. The van der Waals surface area contributed by atoms with Gasteiger partial charge in [-0.1, -0.05) is 42.5 Å². The Morgan fingerprint density at radius 1 is 1.00 bits per heavy atom. The van der Waals surface area contributed by atoms with Gasteiger partial charge in [-0.15, -0.1) is 11.3 Å².